The van der Waals surface area contributed by atoms with Gasteiger partial charge < -0.3 is 14.6 Å². The fourth-order valence-electron chi connectivity index (χ4n) is 4.69. The van der Waals surface area contributed by atoms with E-state index in [1.54, 1.807) is 0 Å². The van der Waals surface area contributed by atoms with Crippen LogP contribution < -0.4 is 5.32 Å². The number of hydrogen-bond donors (Lipinski definition) is 1. The molecule has 1 aromatic carbocycles. The number of nitrogens with one attached hydrogen (secondary N) is 1. The number of nitrogens with zero attached hydrogens (tertiary/aromatic N) is 5. The van der Waals surface area contributed by atoms with E-state index in [9.17, 15) is 4.79 Å². The fourth-order valence-corrected chi connectivity index (χ4v) is 4.69. The van der Waals surface area contributed by atoms with Crippen molar-refractivity contribution >= 4 is 16.8 Å². The van der Waals surface area contributed by atoms with Gasteiger partial charge >= 0.3 is 0 Å². The molecule has 2 aliphatic heterocycles. The number of hydrogen-bond acceptors (Lipinski definition) is 6. The monoisotopic (exact) mass is 434 g/mol. The molecule has 0 aliphatic carbocycles. The van der Waals surface area contributed by atoms with E-state index in [1.165, 1.54) is 10.9 Å². The first-order valence-electron chi connectivity index (χ1n) is 11.5. The van der Waals surface area contributed by atoms with Gasteiger partial charge in [0.25, 0.3) is 0 Å². The molecule has 8 heteroatoms. The minimum absolute atomic E-state index is 0.0321. The lowest BCUT2D eigenvalue weighted by Gasteiger charge is -2.23. The lowest BCUT2D eigenvalue weighted by molar-refractivity contribution is -0.128. The van der Waals surface area contributed by atoms with Crippen molar-refractivity contribution in [3.05, 3.63) is 53.7 Å². The van der Waals surface area contributed by atoms with Gasteiger partial charge in [-0.15, -0.1) is 10.2 Å². The molecule has 1 saturated heterocycles. The summed E-state index contributed by atoms with van der Waals surface area (Å²) in [5.41, 5.74) is 2.31. The van der Waals surface area contributed by atoms with Crippen molar-refractivity contribution in [2.45, 2.75) is 45.3 Å². The lowest BCUT2D eigenvalue weighted by atomic mass is 9.99. The van der Waals surface area contributed by atoms with Crippen LogP contribution in [-0.4, -0.2) is 56.9 Å². The second-order valence-electron chi connectivity index (χ2n) is 8.80. The standard InChI is InChI=1S/C24H30N6O2/c1-17(26-24(31)20-7-13-32-14-8-20)23-28-27-22-6-10-29(11-12-30(22)23)16-18-4-5-19-3-2-9-25-21(19)15-18/h2-5,9,15,17,20H,6-8,10-14,16H2,1H3,(H,26,31). The summed E-state index contributed by atoms with van der Waals surface area (Å²) in [6, 6.07) is 10.4. The summed E-state index contributed by atoms with van der Waals surface area (Å²) in [5.74, 6) is 1.97. The Labute approximate surface area is 188 Å². The number of carbonyl (C=O) groups excluding carboxylic acids is 1. The Morgan fingerprint density at radius 1 is 1.19 bits per heavy atom. The summed E-state index contributed by atoms with van der Waals surface area (Å²) >= 11 is 0. The predicted molar refractivity (Wildman–Crippen MR) is 121 cm³/mol. The number of fused-ring (bicyclic) bond motifs is 2. The first-order chi connectivity index (χ1) is 15.7. The average Bonchev–Trinajstić information content (AvgIpc) is 3.14. The van der Waals surface area contributed by atoms with Crippen LogP contribution in [0.1, 0.15) is 43.0 Å². The summed E-state index contributed by atoms with van der Waals surface area (Å²) in [4.78, 5) is 19.6. The molecule has 1 amide bonds. The topological polar surface area (TPSA) is 85.2 Å². The molecule has 32 heavy (non-hydrogen) atoms. The Morgan fingerprint density at radius 2 is 2.06 bits per heavy atom. The van der Waals surface area contributed by atoms with E-state index in [0.29, 0.717) is 13.2 Å². The van der Waals surface area contributed by atoms with Crippen LogP contribution in [0.5, 0.6) is 0 Å². The number of carbonyl (C=O) groups is 1. The Kier molecular flexibility index (Phi) is 6.14. The van der Waals surface area contributed by atoms with E-state index in [4.69, 9.17) is 4.74 Å². The summed E-state index contributed by atoms with van der Waals surface area (Å²) in [5, 5.41) is 13.2. The number of pyridine rings is 1. The highest BCUT2D eigenvalue weighted by Crippen LogP contribution is 2.20. The number of amides is 1. The van der Waals surface area contributed by atoms with Gasteiger partial charge in [0.15, 0.2) is 5.82 Å². The van der Waals surface area contributed by atoms with Gasteiger partial charge in [-0.25, -0.2) is 0 Å². The molecule has 0 radical (unpaired) electrons. The van der Waals surface area contributed by atoms with Crippen LogP contribution >= 0.6 is 0 Å². The second-order valence-corrected chi connectivity index (χ2v) is 8.80. The first kappa shape index (κ1) is 21.0. The molecule has 168 valence electrons. The Hall–Kier alpha value is -2.84. The van der Waals surface area contributed by atoms with Gasteiger partial charge in [-0.3, -0.25) is 14.7 Å². The lowest BCUT2D eigenvalue weighted by Crippen LogP contribution is -2.36. The predicted octanol–water partition coefficient (Wildman–Crippen LogP) is 2.49. The Bertz CT molecular complexity index is 1090. The normalized spacial score (nSPS) is 18.8. The molecule has 4 heterocycles. The molecular formula is C24H30N6O2. The van der Waals surface area contributed by atoms with Crippen molar-refractivity contribution in [2.75, 3.05) is 26.3 Å². The van der Waals surface area contributed by atoms with Crippen molar-refractivity contribution in [1.29, 1.82) is 0 Å². The SMILES string of the molecule is CC(NC(=O)C1CCOCC1)c1nnc2n1CCN(Cc1ccc3cccnc3c1)CC2. The van der Waals surface area contributed by atoms with Crippen LogP contribution in [0.3, 0.4) is 0 Å². The van der Waals surface area contributed by atoms with Crippen LogP contribution in [0.15, 0.2) is 36.5 Å². The molecule has 0 spiro atoms. The molecule has 2 aromatic heterocycles. The molecule has 8 nitrogen and oxygen atoms in total. The van der Waals surface area contributed by atoms with Gasteiger partial charge in [0.2, 0.25) is 5.91 Å². The third-order valence-corrected chi connectivity index (χ3v) is 6.56. The van der Waals surface area contributed by atoms with Crippen LogP contribution in [0.2, 0.25) is 0 Å². The van der Waals surface area contributed by atoms with Gasteiger partial charge in [-0.2, -0.15) is 0 Å². The molecular weight excluding hydrogens is 404 g/mol. The molecule has 1 atom stereocenters. The number of rotatable bonds is 5. The molecule has 2 aliphatic rings. The smallest absolute Gasteiger partial charge is 0.223 e. The zero-order valence-electron chi connectivity index (χ0n) is 18.5. The fraction of sp³-hybridized carbons (Fsp3) is 0.500. The highest BCUT2D eigenvalue weighted by molar-refractivity contribution is 5.79. The highest BCUT2D eigenvalue weighted by atomic mass is 16.5. The third kappa shape index (κ3) is 4.52. The van der Waals surface area contributed by atoms with Crippen molar-refractivity contribution in [1.82, 2.24) is 30.0 Å². The molecule has 1 unspecified atom stereocenters. The van der Waals surface area contributed by atoms with Crippen LogP contribution in [0, 0.1) is 5.92 Å². The van der Waals surface area contributed by atoms with Gasteiger partial charge in [0.05, 0.1) is 11.6 Å². The zero-order valence-corrected chi connectivity index (χ0v) is 18.5. The van der Waals surface area contributed by atoms with Crippen molar-refractivity contribution in [3.63, 3.8) is 0 Å². The minimum atomic E-state index is -0.162. The number of benzene rings is 1. The van der Waals surface area contributed by atoms with E-state index in [0.717, 1.165) is 62.6 Å². The van der Waals surface area contributed by atoms with Gasteiger partial charge in [0.1, 0.15) is 5.82 Å². The molecule has 5 rings (SSSR count). The van der Waals surface area contributed by atoms with E-state index >= 15 is 0 Å². The quantitative estimate of drug-likeness (QED) is 0.664. The van der Waals surface area contributed by atoms with E-state index < -0.39 is 0 Å². The Morgan fingerprint density at radius 3 is 2.94 bits per heavy atom. The Balaban J connectivity index is 1.23. The summed E-state index contributed by atoms with van der Waals surface area (Å²) in [7, 11) is 0. The van der Waals surface area contributed by atoms with E-state index in [2.05, 4.69) is 54.2 Å². The zero-order chi connectivity index (χ0) is 21.9. The first-order valence-corrected chi connectivity index (χ1v) is 11.5. The largest absolute Gasteiger partial charge is 0.381 e. The molecule has 0 saturated carbocycles. The molecule has 3 aromatic rings. The number of ether oxygens (including phenoxy) is 1. The van der Waals surface area contributed by atoms with E-state index in [-0.39, 0.29) is 17.9 Å². The molecule has 0 bridgehead atoms. The number of aromatic nitrogens is 4. The van der Waals surface area contributed by atoms with Gasteiger partial charge in [-0.05, 0) is 37.5 Å². The van der Waals surface area contributed by atoms with Gasteiger partial charge in [-0.1, -0.05) is 18.2 Å². The maximum absolute atomic E-state index is 12.7. The third-order valence-electron chi connectivity index (χ3n) is 6.56. The maximum atomic E-state index is 12.7. The maximum Gasteiger partial charge on any atom is 0.223 e. The summed E-state index contributed by atoms with van der Waals surface area (Å²) in [6.45, 7) is 6.88. The van der Waals surface area contributed by atoms with Gasteiger partial charge in [0, 0.05) is 63.3 Å². The summed E-state index contributed by atoms with van der Waals surface area (Å²) in [6.07, 6.45) is 4.26. The van der Waals surface area contributed by atoms with Crippen molar-refractivity contribution in [2.24, 2.45) is 5.92 Å². The molecule has 1 fully saturated rings. The van der Waals surface area contributed by atoms with Crippen LogP contribution in [0.4, 0.5) is 0 Å². The summed E-state index contributed by atoms with van der Waals surface area (Å²) < 4.78 is 7.57. The molecule has 1 N–H and O–H groups in total. The van der Waals surface area contributed by atoms with Crippen molar-refractivity contribution in [3.8, 4) is 0 Å². The highest BCUT2D eigenvalue weighted by Gasteiger charge is 2.26. The van der Waals surface area contributed by atoms with Crippen molar-refractivity contribution < 1.29 is 9.53 Å². The average molecular weight is 435 g/mol. The minimum Gasteiger partial charge on any atom is -0.381 e. The van der Waals surface area contributed by atoms with E-state index in [1.807, 2.05) is 19.2 Å². The van der Waals surface area contributed by atoms with Crippen LogP contribution in [-0.2, 0) is 29.0 Å². The second kappa shape index (κ2) is 9.34. The van der Waals surface area contributed by atoms with Crippen LogP contribution in [0.25, 0.3) is 10.9 Å².